The summed E-state index contributed by atoms with van der Waals surface area (Å²) in [6.45, 7) is -2.27. The van der Waals surface area contributed by atoms with Gasteiger partial charge >= 0.3 is 15.9 Å². The molecule has 1 aromatic heterocycles. The average Bonchev–Trinajstić information content (AvgIpc) is 2.92. The summed E-state index contributed by atoms with van der Waals surface area (Å²) in [5.41, 5.74) is 2.92. The molecule has 0 aliphatic heterocycles. The van der Waals surface area contributed by atoms with Crippen LogP contribution in [0.3, 0.4) is 0 Å². The maximum atomic E-state index is 7.64. The van der Waals surface area contributed by atoms with E-state index in [-0.39, 0.29) is 5.69 Å². The molecule has 0 aliphatic rings. The van der Waals surface area contributed by atoms with E-state index in [2.05, 4.69) is 71.7 Å². The van der Waals surface area contributed by atoms with Crippen LogP contribution in [-0.2, 0) is 0 Å². The highest BCUT2D eigenvalue weighted by Gasteiger charge is 2.10. The lowest BCUT2D eigenvalue weighted by atomic mass is 9.98. The molecule has 5 aromatic carbocycles. The van der Waals surface area contributed by atoms with Gasteiger partial charge in [0.15, 0.2) is 0 Å². The van der Waals surface area contributed by atoms with Crippen LogP contribution in [0.25, 0.3) is 43.6 Å². The number of pyridine rings is 1. The fourth-order valence-corrected chi connectivity index (χ4v) is 4.79. The number of fused-ring (bicyclic) bond motifs is 3. The number of hydrogen-bond donors (Lipinski definition) is 0. The molecular weight excluding hydrogens is 433 g/mol. The van der Waals surface area contributed by atoms with Gasteiger partial charge in [-0.15, -0.1) is 0 Å². The summed E-state index contributed by atoms with van der Waals surface area (Å²) in [6.07, 6.45) is 0. The summed E-state index contributed by atoms with van der Waals surface area (Å²) >= 11 is -0.873. The van der Waals surface area contributed by atoms with Crippen LogP contribution in [0.5, 0.6) is 11.5 Å². The van der Waals surface area contributed by atoms with Gasteiger partial charge in [-0.05, 0) is 75.9 Å². The molecule has 0 spiro atoms. The summed E-state index contributed by atoms with van der Waals surface area (Å²) < 4.78 is 34.8. The number of aromatic nitrogens is 1. The van der Waals surface area contributed by atoms with E-state index in [9.17, 15) is 0 Å². The van der Waals surface area contributed by atoms with Crippen LogP contribution in [0.15, 0.2) is 109 Å². The summed E-state index contributed by atoms with van der Waals surface area (Å²) in [4.78, 5) is 4.33. The van der Waals surface area contributed by atoms with Crippen molar-refractivity contribution in [3.8, 4) is 22.6 Å². The van der Waals surface area contributed by atoms with Crippen LogP contribution in [0, 0.1) is 6.85 Å². The van der Waals surface area contributed by atoms with Crippen LogP contribution in [0.2, 0.25) is 0 Å². The van der Waals surface area contributed by atoms with Crippen molar-refractivity contribution in [2.45, 2.75) is 6.85 Å². The molecule has 0 saturated heterocycles. The predicted molar refractivity (Wildman–Crippen MR) is 140 cm³/mol. The van der Waals surface area contributed by atoms with Gasteiger partial charge in [-0.25, -0.2) is 4.98 Å². The largest absolute Gasteiger partial charge is 0.881 e. The van der Waals surface area contributed by atoms with Gasteiger partial charge in [0.25, 0.3) is 0 Å². The molecule has 0 fully saturated rings. The highest BCUT2D eigenvalue weighted by molar-refractivity contribution is 6.21. The smallest absolute Gasteiger partial charge is 0.616 e. The van der Waals surface area contributed by atoms with E-state index < -0.39 is 22.7 Å². The first-order valence-electron chi connectivity index (χ1n) is 12.5. The molecule has 0 N–H and O–H groups in total. The first kappa shape index (κ1) is 17.6. The van der Waals surface area contributed by atoms with E-state index in [0.29, 0.717) is 11.3 Å². The molecular formula is C30H21AlNO2. The Bertz CT molecular complexity index is 1770. The molecule has 6 aromatic rings. The molecule has 0 atom stereocenters. The molecule has 1 heterocycles. The quantitative estimate of drug-likeness (QED) is 0.251. The topological polar surface area (TPSA) is 31.4 Å². The molecule has 1 radical (unpaired) electrons. The average molecular weight is 458 g/mol. The molecule has 3 nitrogen and oxygen atoms in total. The summed E-state index contributed by atoms with van der Waals surface area (Å²) in [7, 11) is 0. The van der Waals surface area contributed by atoms with Crippen LogP contribution < -0.4 is 7.58 Å². The van der Waals surface area contributed by atoms with Gasteiger partial charge in [-0.3, -0.25) is 0 Å². The zero-order valence-corrected chi connectivity index (χ0v) is 19.4. The first-order chi connectivity index (χ1) is 17.9. The predicted octanol–water partition coefficient (Wildman–Crippen LogP) is 7.51. The molecule has 0 bridgehead atoms. The van der Waals surface area contributed by atoms with Gasteiger partial charge in [0.2, 0.25) is 0 Å². The summed E-state index contributed by atoms with van der Waals surface area (Å²) in [6, 6.07) is 36.1. The van der Waals surface area contributed by atoms with Crippen molar-refractivity contribution in [3.63, 3.8) is 0 Å². The number of aryl methyl sites for hydroxylation is 1. The number of rotatable bonds is 5. The monoisotopic (exact) mass is 457 g/mol. The summed E-state index contributed by atoms with van der Waals surface area (Å²) in [5.74, 6) is 1.23. The Morgan fingerprint density at radius 1 is 0.618 bits per heavy atom. The minimum absolute atomic E-state index is 0.0459. The number of para-hydroxylation sites is 1. The maximum Gasteiger partial charge on any atom is 0.881 e. The Balaban J connectivity index is 1.19. The highest BCUT2D eigenvalue weighted by Crippen LogP contribution is 2.29. The second kappa shape index (κ2) is 8.84. The van der Waals surface area contributed by atoms with E-state index in [1.807, 2.05) is 24.3 Å². The highest BCUT2D eigenvalue weighted by atomic mass is 27.2. The minimum atomic E-state index is -2.27. The second-order valence-electron chi connectivity index (χ2n) is 8.14. The third kappa shape index (κ3) is 4.10. The Labute approximate surface area is 209 Å². The third-order valence-corrected chi connectivity index (χ3v) is 6.66. The molecule has 0 amide bonds. The molecule has 161 valence electrons. The van der Waals surface area contributed by atoms with Gasteiger partial charge in [-0.1, -0.05) is 72.8 Å². The number of benzene rings is 5. The van der Waals surface area contributed by atoms with Crippen molar-refractivity contribution in [2.75, 3.05) is 0 Å². The van der Waals surface area contributed by atoms with Crippen molar-refractivity contribution in [2.24, 2.45) is 0 Å². The molecule has 34 heavy (non-hydrogen) atoms. The van der Waals surface area contributed by atoms with Crippen LogP contribution in [-0.4, -0.2) is 20.9 Å². The lowest BCUT2D eigenvalue weighted by Crippen LogP contribution is -2.11. The van der Waals surface area contributed by atoms with Crippen molar-refractivity contribution >= 4 is 48.3 Å². The SMILES string of the molecule is [2H]C([2H])([2H])c1ccc2cccc([O][Al][O]c3ccc4cc(-c5ccc6ccccc6c5)ccc4c3)c2n1. The van der Waals surface area contributed by atoms with Gasteiger partial charge < -0.3 is 7.58 Å². The number of nitrogens with zero attached hydrogens (tertiary/aromatic N) is 1. The number of hydrogen-bond acceptors (Lipinski definition) is 3. The first-order valence-corrected chi connectivity index (χ1v) is 12.0. The van der Waals surface area contributed by atoms with Gasteiger partial charge in [0.1, 0.15) is 11.3 Å². The Morgan fingerprint density at radius 3 is 2.15 bits per heavy atom. The van der Waals surface area contributed by atoms with E-state index >= 15 is 0 Å². The molecule has 0 saturated carbocycles. The lowest BCUT2D eigenvalue weighted by Gasteiger charge is -2.12. The zero-order chi connectivity index (χ0) is 25.4. The van der Waals surface area contributed by atoms with E-state index in [1.165, 1.54) is 28.0 Å². The molecule has 4 heteroatoms. The third-order valence-electron chi connectivity index (χ3n) is 5.94. The van der Waals surface area contributed by atoms with E-state index in [0.717, 1.165) is 21.9 Å². The Morgan fingerprint density at radius 2 is 1.29 bits per heavy atom. The van der Waals surface area contributed by atoms with Crippen molar-refractivity contribution in [1.82, 2.24) is 4.98 Å². The van der Waals surface area contributed by atoms with Crippen LogP contribution >= 0.6 is 0 Å². The fourth-order valence-electron chi connectivity index (χ4n) is 4.19. The normalized spacial score (nSPS) is 12.8. The van der Waals surface area contributed by atoms with Crippen molar-refractivity contribution < 1.29 is 11.7 Å². The van der Waals surface area contributed by atoms with Crippen molar-refractivity contribution in [1.29, 1.82) is 0 Å². The zero-order valence-electron chi connectivity index (χ0n) is 21.2. The van der Waals surface area contributed by atoms with Gasteiger partial charge in [0.05, 0.1) is 5.75 Å². The molecule has 0 unspecified atom stereocenters. The molecule has 6 rings (SSSR count). The van der Waals surface area contributed by atoms with E-state index in [1.54, 1.807) is 12.1 Å². The standard InChI is InChI=1S/C20H14O.C10H9NO.Al/c21-20-10-9-18-12-17(7-8-19(18)13-20)16-6-5-14-3-1-2-4-15(14)11-16;1-7-5-6-8-3-2-4-9(12)10(8)11-7;/h1-13,21H;2-6,12H,1H3;/q;;+2/p-2/i;1D3;. The Hall–Kier alpha value is -3.84. The van der Waals surface area contributed by atoms with Crippen LogP contribution in [0.4, 0.5) is 0 Å². The fraction of sp³-hybridized carbons (Fsp3) is 0.0333. The van der Waals surface area contributed by atoms with Gasteiger partial charge in [0, 0.05) is 15.2 Å². The molecule has 0 aliphatic carbocycles. The Kier molecular flexibility index (Phi) is 4.58. The second-order valence-corrected chi connectivity index (χ2v) is 8.81. The minimum Gasteiger partial charge on any atom is -0.616 e. The van der Waals surface area contributed by atoms with Crippen LogP contribution in [0.1, 0.15) is 9.81 Å². The van der Waals surface area contributed by atoms with Gasteiger partial charge in [-0.2, -0.15) is 0 Å². The van der Waals surface area contributed by atoms with E-state index in [4.69, 9.17) is 11.7 Å². The van der Waals surface area contributed by atoms with Crippen molar-refractivity contribution in [3.05, 3.63) is 115 Å². The maximum absolute atomic E-state index is 7.64. The lowest BCUT2D eigenvalue weighted by molar-refractivity contribution is 0.461. The summed E-state index contributed by atoms with van der Waals surface area (Å²) in [5, 5.41) is 5.48.